The second-order valence-electron chi connectivity index (χ2n) is 5.00. The molecule has 1 aliphatic rings. The number of benzene rings is 1. The first kappa shape index (κ1) is 14.5. The summed E-state index contributed by atoms with van der Waals surface area (Å²) in [7, 11) is 2.05. The first-order valence-corrected chi connectivity index (χ1v) is 6.73. The number of carbonyl (C=O) groups excluding carboxylic acids is 2. The Kier molecular flexibility index (Phi) is 4.74. The largest absolute Gasteiger partial charge is 0.459 e. The van der Waals surface area contributed by atoms with Crippen LogP contribution in [0.1, 0.15) is 30.1 Å². The lowest BCUT2D eigenvalue weighted by Gasteiger charge is -2.28. The van der Waals surface area contributed by atoms with Crippen LogP contribution in [0.3, 0.4) is 0 Å². The molecule has 0 atom stereocenters. The van der Waals surface area contributed by atoms with Gasteiger partial charge in [0.1, 0.15) is 17.4 Å². The van der Waals surface area contributed by atoms with Crippen LogP contribution in [-0.2, 0) is 9.53 Å². The molecule has 0 spiro atoms. The number of para-hydroxylation sites is 1. The predicted octanol–water partition coefficient (Wildman–Crippen LogP) is 1.86. The van der Waals surface area contributed by atoms with Crippen LogP contribution in [0.15, 0.2) is 24.3 Å². The molecule has 1 saturated heterocycles. The van der Waals surface area contributed by atoms with Crippen molar-refractivity contribution in [3.63, 3.8) is 0 Å². The zero-order valence-electron chi connectivity index (χ0n) is 11.8. The summed E-state index contributed by atoms with van der Waals surface area (Å²) >= 11 is 0. The molecule has 0 aromatic heterocycles. The Bertz CT molecular complexity index is 492. The van der Waals surface area contributed by atoms with Crippen LogP contribution in [0.25, 0.3) is 0 Å². The van der Waals surface area contributed by atoms with Gasteiger partial charge in [-0.3, -0.25) is 4.79 Å². The number of piperidine rings is 1. The van der Waals surface area contributed by atoms with Crippen molar-refractivity contribution in [2.75, 3.05) is 20.1 Å². The van der Waals surface area contributed by atoms with Gasteiger partial charge in [0.25, 0.3) is 0 Å². The van der Waals surface area contributed by atoms with E-state index in [4.69, 9.17) is 9.47 Å². The molecule has 0 amide bonds. The van der Waals surface area contributed by atoms with E-state index in [9.17, 15) is 9.59 Å². The van der Waals surface area contributed by atoms with Gasteiger partial charge < -0.3 is 14.4 Å². The average molecular weight is 277 g/mol. The molecule has 2 rings (SSSR count). The summed E-state index contributed by atoms with van der Waals surface area (Å²) in [6, 6.07) is 6.63. The number of likely N-dealkylation sites (tertiary alicyclic amines) is 1. The van der Waals surface area contributed by atoms with E-state index in [1.807, 2.05) is 7.05 Å². The fourth-order valence-electron chi connectivity index (χ4n) is 2.20. The molecule has 1 heterocycles. The number of rotatable bonds is 3. The Morgan fingerprint density at radius 1 is 1.20 bits per heavy atom. The van der Waals surface area contributed by atoms with Crippen molar-refractivity contribution in [2.24, 2.45) is 0 Å². The van der Waals surface area contributed by atoms with Gasteiger partial charge in [0, 0.05) is 20.0 Å². The highest BCUT2D eigenvalue weighted by Crippen LogP contribution is 2.21. The van der Waals surface area contributed by atoms with Gasteiger partial charge in [0.05, 0.1) is 0 Å². The van der Waals surface area contributed by atoms with Crippen LogP contribution in [0.5, 0.6) is 5.75 Å². The Morgan fingerprint density at radius 3 is 2.50 bits per heavy atom. The SMILES string of the molecule is CC(=O)Oc1ccccc1C(=O)OC1CCN(C)CC1. The molecule has 5 nitrogen and oxygen atoms in total. The van der Waals surface area contributed by atoms with Gasteiger partial charge in [-0.05, 0) is 32.0 Å². The predicted molar refractivity (Wildman–Crippen MR) is 73.7 cm³/mol. The topological polar surface area (TPSA) is 55.8 Å². The van der Waals surface area contributed by atoms with E-state index in [2.05, 4.69) is 4.90 Å². The Balaban J connectivity index is 2.03. The molecular formula is C15H19NO4. The first-order chi connectivity index (χ1) is 9.56. The third-order valence-corrected chi connectivity index (χ3v) is 3.30. The molecule has 5 heteroatoms. The lowest BCUT2D eigenvalue weighted by atomic mass is 10.1. The van der Waals surface area contributed by atoms with E-state index >= 15 is 0 Å². The molecule has 0 aliphatic carbocycles. The van der Waals surface area contributed by atoms with Gasteiger partial charge >= 0.3 is 11.9 Å². The van der Waals surface area contributed by atoms with Crippen molar-refractivity contribution in [1.29, 1.82) is 0 Å². The number of hydrogen-bond donors (Lipinski definition) is 0. The lowest BCUT2D eigenvalue weighted by molar-refractivity contribution is -0.131. The highest BCUT2D eigenvalue weighted by atomic mass is 16.6. The normalized spacial score (nSPS) is 16.7. The first-order valence-electron chi connectivity index (χ1n) is 6.73. The molecular weight excluding hydrogens is 258 g/mol. The van der Waals surface area contributed by atoms with Crippen molar-refractivity contribution in [1.82, 2.24) is 4.90 Å². The molecule has 1 aliphatic heterocycles. The Labute approximate surface area is 118 Å². The van der Waals surface area contributed by atoms with Gasteiger partial charge in [-0.25, -0.2) is 4.79 Å². The van der Waals surface area contributed by atoms with E-state index in [1.165, 1.54) is 6.92 Å². The smallest absolute Gasteiger partial charge is 0.342 e. The fourth-order valence-corrected chi connectivity index (χ4v) is 2.20. The number of carbonyl (C=O) groups is 2. The Morgan fingerprint density at radius 2 is 1.85 bits per heavy atom. The second kappa shape index (κ2) is 6.52. The van der Waals surface area contributed by atoms with Gasteiger partial charge in [-0.2, -0.15) is 0 Å². The third kappa shape index (κ3) is 3.81. The maximum Gasteiger partial charge on any atom is 0.342 e. The summed E-state index contributed by atoms with van der Waals surface area (Å²) in [4.78, 5) is 25.4. The standard InChI is InChI=1S/C15H19NO4/c1-11(17)19-14-6-4-3-5-13(14)15(18)20-12-7-9-16(2)10-8-12/h3-6,12H,7-10H2,1-2H3. The number of nitrogens with zero attached hydrogens (tertiary/aromatic N) is 1. The van der Waals surface area contributed by atoms with Crippen LogP contribution in [-0.4, -0.2) is 43.1 Å². The Hall–Kier alpha value is -1.88. The van der Waals surface area contributed by atoms with Crippen molar-refractivity contribution in [3.05, 3.63) is 29.8 Å². The fraction of sp³-hybridized carbons (Fsp3) is 0.467. The maximum absolute atomic E-state index is 12.2. The number of hydrogen-bond acceptors (Lipinski definition) is 5. The summed E-state index contributed by atoms with van der Waals surface area (Å²) in [6.07, 6.45) is 1.60. The van der Waals surface area contributed by atoms with Gasteiger partial charge in [0.2, 0.25) is 0 Å². The molecule has 108 valence electrons. The van der Waals surface area contributed by atoms with Gasteiger partial charge in [-0.15, -0.1) is 0 Å². The van der Waals surface area contributed by atoms with E-state index in [0.29, 0.717) is 5.56 Å². The highest BCUT2D eigenvalue weighted by Gasteiger charge is 2.23. The third-order valence-electron chi connectivity index (χ3n) is 3.30. The summed E-state index contributed by atoms with van der Waals surface area (Å²) in [5.41, 5.74) is 0.293. The summed E-state index contributed by atoms with van der Waals surface area (Å²) in [6.45, 7) is 3.15. The highest BCUT2D eigenvalue weighted by molar-refractivity contribution is 5.93. The number of esters is 2. The van der Waals surface area contributed by atoms with Crippen LogP contribution in [0.4, 0.5) is 0 Å². The molecule has 0 saturated carbocycles. The van der Waals surface area contributed by atoms with Crippen LogP contribution in [0, 0.1) is 0 Å². The zero-order valence-corrected chi connectivity index (χ0v) is 11.8. The van der Waals surface area contributed by atoms with E-state index < -0.39 is 11.9 Å². The summed E-state index contributed by atoms with van der Waals surface area (Å²) in [5, 5.41) is 0. The van der Waals surface area contributed by atoms with Crippen molar-refractivity contribution < 1.29 is 19.1 Å². The molecule has 0 N–H and O–H groups in total. The van der Waals surface area contributed by atoms with Crippen molar-refractivity contribution in [3.8, 4) is 5.75 Å². The minimum absolute atomic E-state index is 0.0657. The van der Waals surface area contributed by atoms with Gasteiger partial charge in [0.15, 0.2) is 0 Å². The van der Waals surface area contributed by atoms with Gasteiger partial charge in [-0.1, -0.05) is 12.1 Å². The second-order valence-corrected chi connectivity index (χ2v) is 5.00. The van der Waals surface area contributed by atoms with Crippen LogP contribution < -0.4 is 4.74 Å². The number of ether oxygens (including phenoxy) is 2. The van der Waals surface area contributed by atoms with Crippen molar-refractivity contribution in [2.45, 2.75) is 25.9 Å². The zero-order chi connectivity index (χ0) is 14.5. The monoisotopic (exact) mass is 277 g/mol. The molecule has 0 bridgehead atoms. The molecule has 1 fully saturated rings. The van der Waals surface area contributed by atoms with E-state index in [0.717, 1.165) is 25.9 Å². The lowest BCUT2D eigenvalue weighted by Crippen LogP contribution is -2.35. The minimum Gasteiger partial charge on any atom is -0.459 e. The van der Waals surface area contributed by atoms with Crippen LogP contribution in [0.2, 0.25) is 0 Å². The molecule has 0 radical (unpaired) electrons. The summed E-state index contributed by atoms with van der Waals surface area (Å²) < 4.78 is 10.5. The quantitative estimate of drug-likeness (QED) is 0.623. The molecule has 1 aromatic rings. The maximum atomic E-state index is 12.2. The molecule has 0 unspecified atom stereocenters. The van der Waals surface area contributed by atoms with Crippen LogP contribution >= 0.6 is 0 Å². The van der Waals surface area contributed by atoms with E-state index in [1.54, 1.807) is 24.3 Å². The van der Waals surface area contributed by atoms with Crippen molar-refractivity contribution >= 4 is 11.9 Å². The summed E-state index contributed by atoms with van der Waals surface area (Å²) in [5.74, 6) is -0.640. The average Bonchev–Trinajstić information content (AvgIpc) is 2.41. The molecule has 20 heavy (non-hydrogen) atoms. The minimum atomic E-state index is -0.454. The van der Waals surface area contributed by atoms with E-state index in [-0.39, 0.29) is 11.9 Å². The molecule has 1 aromatic carbocycles.